The van der Waals surface area contributed by atoms with Crippen LogP contribution in [0.1, 0.15) is 21.9 Å². The highest BCUT2D eigenvalue weighted by molar-refractivity contribution is 6.13. The molecule has 128 valence electrons. The molecule has 0 radical (unpaired) electrons. The fourth-order valence-electron chi connectivity index (χ4n) is 2.33. The van der Waals surface area contributed by atoms with Crippen LogP contribution in [-0.4, -0.2) is 35.0 Å². The fraction of sp³-hybridized carbons (Fsp3) is 0.118. The molecule has 8 heteroatoms. The van der Waals surface area contributed by atoms with E-state index in [9.17, 15) is 19.5 Å². The Morgan fingerprint density at radius 3 is 2.84 bits per heavy atom. The number of phenols is 1. The fourth-order valence-corrected chi connectivity index (χ4v) is 2.33. The van der Waals surface area contributed by atoms with Crippen LogP contribution < -0.4 is 5.32 Å². The molecule has 1 aromatic carbocycles. The Hall–Kier alpha value is -3.55. The molecule has 0 bridgehead atoms. The van der Waals surface area contributed by atoms with Crippen molar-refractivity contribution in [2.75, 3.05) is 7.11 Å². The zero-order valence-corrected chi connectivity index (χ0v) is 13.2. The number of nitrogens with one attached hydrogen (secondary N) is 1. The van der Waals surface area contributed by atoms with E-state index in [1.54, 1.807) is 12.1 Å². The molecule has 0 spiro atoms. The molecule has 1 aliphatic rings. The van der Waals surface area contributed by atoms with E-state index in [2.05, 4.69) is 10.1 Å². The molecule has 1 saturated heterocycles. The van der Waals surface area contributed by atoms with E-state index in [0.29, 0.717) is 5.56 Å². The van der Waals surface area contributed by atoms with Gasteiger partial charge in [-0.25, -0.2) is 9.59 Å². The van der Waals surface area contributed by atoms with Gasteiger partial charge in [0.05, 0.1) is 13.7 Å². The number of urea groups is 1. The lowest BCUT2D eigenvalue weighted by molar-refractivity contribution is -0.123. The highest BCUT2D eigenvalue weighted by Gasteiger charge is 2.34. The lowest BCUT2D eigenvalue weighted by Crippen LogP contribution is -2.30. The molecular formula is C17H14N2O6. The molecule has 0 aliphatic carbocycles. The van der Waals surface area contributed by atoms with Crippen LogP contribution in [-0.2, 0) is 16.1 Å². The van der Waals surface area contributed by atoms with E-state index in [1.807, 2.05) is 0 Å². The summed E-state index contributed by atoms with van der Waals surface area (Å²) < 4.78 is 9.80. The first kappa shape index (κ1) is 16.3. The molecule has 25 heavy (non-hydrogen) atoms. The van der Waals surface area contributed by atoms with Crippen LogP contribution in [0, 0.1) is 0 Å². The number of carbonyl (C=O) groups excluding carboxylic acids is 3. The molecule has 0 saturated carbocycles. The third kappa shape index (κ3) is 3.37. The van der Waals surface area contributed by atoms with Gasteiger partial charge in [0.1, 0.15) is 17.2 Å². The summed E-state index contributed by atoms with van der Waals surface area (Å²) in [6, 6.07) is 8.56. The summed E-state index contributed by atoms with van der Waals surface area (Å²) in [5.41, 5.74) is 0.645. The molecular weight excluding hydrogens is 328 g/mol. The minimum absolute atomic E-state index is 0.0138. The number of ether oxygens (including phenoxy) is 1. The predicted molar refractivity (Wildman–Crippen MR) is 85.2 cm³/mol. The predicted octanol–water partition coefficient (Wildman–Crippen LogP) is 1.86. The average Bonchev–Trinajstić information content (AvgIpc) is 3.15. The SMILES string of the molecule is COC(=O)c1ccc(CN2C(=O)N/C(=C\c3cccc(O)c3)C2=O)o1. The molecule has 2 heterocycles. The zero-order chi connectivity index (χ0) is 18.0. The van der Waals surface area contributed by atoms with Crippen molar-refractivity contribution in [1.82, 2.24) is 10.2 Å². The van der Waals surface area contributed by atoms with Gasteiger partial charge in [-0.15, -0.1) is 0 Å². The number of esters is 1. The molecule has 0 atom stereocenters. The number of hydrogen-bond acceptors (Lipinski definition) is 6. The number of phenolic OH excluding ortho intramolecular Hbond substituents is 1. The molecule has 0 unspecified atom stereocenters. The summed E-state index contributed by atoms with van der Waals surface area (Å²) in [6.45, 7) is -0.126. The summed E-state index contributed by atoms with van der Waals surface area (Å²) in [5.74, 6) is -0.881. The Morgan fingerprint density at radius 1 is 1.32 bits per heavy atom. The van der Waals surface area contributed by atoms with Gasteiger partial charge >= 0.3 is 12.0 Å². The van der Waals surface area contributed by atoms with Gasteiger partial charge in [-0.3, -0.25) is 9.69 Å². The smallest absolute Gasteiger partial charge is 0.373 e. The summed E-state index contributed by atoms with van der Waals surface area (Å²) in [4.78, 5) is 36.7. The number of amides is 3. The summed E-state index contributed by atoms with van der Waals surface area (Å²) >= 11 is 0. The van der Waals surface area contributed by atoms with Gasteiger partial charge in [-0.05, 0) is 35.9 Å². The maximum Gasteiger partial charge on any atom is 0.373 e. The second-order valence-electron chi connectivity index (χ2n) is 5.23. The van der Waals surface area contributed by atoms with Crippen molar-refractivity contribution < 1.29 is 28.6 Å². The number of methoxy groups -OCH3 is 1. The first-order chi connectivity index (χ1) is 12.0. The van der Waals surface area contributed by atoms with Crippen molar-refractivity contribution in [3.8, 4) is 5.75 Å². The minimum Gasteiger partial charge on any atom is -0.508 e. The molecule has 1 fully saturated rings. The van der Waals surface area contributed by atoms with Crippen LogP contribution in [0.25, 0.3) is 6.08 Å². The topological polar surface area (TPSA) is 109 Å². The lowest BCUT2D eigenvalue weighted by Gasteiger charge is -2.09. The van der Waals surface area contributed by atoms with Gasteiger partial charge in [0.15, 0.2) is 0 Å². The number of aromatic hydroxyl groups is 1. The number of hydrogen-bond donors (Lipinski definition) is 2. The van der Waals surface area contributed by atoms with Gasteiger partial charge in [-0.1, -0.05) is 12.1 Å². The van der Waals surface area contributed by atoms with Crippen molar-refractivity contribution in [2.24, 2.45) is 0 Å². The number of carbonyl (C=O) groups is 3. The van der Waals surface area contributed by atoms with Crippen molar-refractivity contribution in [1.29, 1.82) is 0 Å². The van der Waals surface area contributed by atoms with E-state index in [0.717, 1.165) is 4.90 Å². The van der Waals surface area contributed by atoms with E-state index >= 15 is 0 Å². The van der Waals surface area contributed by atoms with Gasteiger partial charge in [0.25, 0.3) is 5.91 Å². The van der Waals surface area contributed by atoms with Crippen molar-refractivity contribution >= 4 is 24.0 Å². The van der Waals surface area contributed by atoms with E-state index < -0.39 is 17.9 Å². The van der Waals surface area contributed by atoms with Crippen molar-refractivity contribution in [3.05, 3.63) is 59.2 Å². The van der Waals surface area contributed by atoms with Gasteiger partial charge in [-0.2, -0.15) is 0 Å². The van der Waals surface area contributed by atoms with Crippen molar-refractivity contribution in [3.63, 3.8) is 0 Å². The quantitative estimate of drug-likeness (QED) is 0.499. The minimum atomic E-state index is -0.645. The first-order valence-electron chi connectivity index (χ1n) is 7.28. The van der Waals surface area contributed by atoms with Crippen LogP contribution in [0.15, 0.2) is 46.5 Å². The Bertz CT molecular complexity index is 883. The molecule has 3 rings (SSSR count). The van der Waals surface area contributed by atoms with Crippen LogP contribution in [0.2, 0.25) is 0 Å². The summed E-state index contributed by atoms with van der Waals surface area (Å²) in [7, 11) is 1.22. The van der Waals surface area contributed by atoms with Gasteiger partial charge in [0.2, 0.25) is 5.76 Å². The van der Waals surface area contributed by atoms with E-state index in [4.69, 9.17) is 4.42 Å². The van der Waals surface area contributed by atoms with Gasteiger partial charge in [0, 0.05) is 0 Å². The Kier molecular flexibility index (Phi) is 4.25. The number of benzene rings is 1. The normalized spacial score (nSPS) is 15.6. The van der Waals surface area contributed by atoms with E-state index in [-0.39, 0.29) is 29.5 Å². The second-order valence-corrected chi connectivity index (χ2v) is 5.23. The highest BCUT2D eigenvalue weighted by atomic mass is 16.5. The van der Waals surface area contributed by atoms with E-state index in [1.165, 1.54) is 37.5 Å². The van der Waals surface area contributed by atoms with Crippen LogP contribution in [0.4, 0.5) is 4.79 Å². The molecule has 1 aliphatic heterocycles. The largest absolute Gasteiger partial charge is 0.508 e. The lowest BCUT2D eigenvalue weighted by atomic mass is 10.2. The maximum atomic E-state index is 12.4. The standard InChI is InChI=1S/C17H14N2O6/c1-24-16(22)14-6-5-12(25-14)9-19-15(21)13(18-17(19)23)8-10-3-2-4-11(20)7-10/h2-8,20H,9H2,1H3,(H,18,23)/b13-8-. The number of rotatable bonds is 4. The first-order valence-corrected chi connectivity index (χ1v) is 7.28. The number of furan rings is 1. The Labute approximate surface area is 142 Å². The zero-order valence-electron chi connectivity index (χ0n) is 13.2. The third-order valence-corrected chi connectivity index (χ3v) is 3.51. The maximum absolute atomic E-state index is 12.4. The highest BCUT2D eigenvalue weighted by Crippen LogP contribution is 2.20. The van der Waals surface area contributed by atoms with Crippen LogP contribution >= 0.6 is 0 Å². The molecule has 2 N–H and O–H groups in total. The number of imide groups is 1. The monoisotopic (exact) mass is 342 g/mol. The van der Waals surface area contributed by atoms with Gasteiger partial charge < -0.3 is 19.6 Å². The molecule has 2 aromatic rings. The summed E-state index contributed by atoms with van der Waals surface area (Å²) in [6.07, 6.45) is 1.46. The molecule has 3 amide bonds. The molecule has 1 aromatic heterocycles. The summed E-state index contributed by atoms with van der Waals surface area (Å²) in [5, 5.41) is 11.9. The Balaban J connectivity index is 1.77. The third-order valence-electron chi connectivity index (χ3n) is 3.51. The van der Waals surface area contributed by atoms with Crippen molar-refractivity contribution in [2.45, 2.75) is 6.54 Å². The second kappa shape index (κ2) is 6.52. The number of nitrogens with zero attached hydrogens (tertiary/aromatic N) is 1. The van der Waals surface area contributed by atoms with Crippen LogP contribution in [0.3, 0.4) is 0 Å². The average molecular weight is 342 g/mol. The molecule has 8 nitrogen and oxygen atoms in total. The Morgan fingerprint density at radius 2 is 2.12 bits per heavy atom. The van der Waals surface area contributed by atoms with Crippen LogP contribution in [0.5, 0.6) is 5.75 Å².